The summed E-state index contributed by atoms with van der Waals surface area (Å²) < 4.78 is 5.34. The highest BCUT2D eigenvalue weighted by Gasteiger charge is 2.21. The molecule has 0 saturated heterocycles. The molecule has 0 bridgehead atoms. The summed E-state index contributed by atoms with van der Waals surface area (Å²) in [5.41, 5.74) is 0.937. The zero-order valence-corrected chi connectivity index (χ0v) is 12.3. The van der Waals surface area contributed by atoms with Gasteiger partial charge in [-0.3, -0.25) is 10.1 Å². The van der Waals surface area contributed by atoms with E-state index in [1.54, 1.807) is 24.3 Å². The van der Waals surface area contributed by atoms with E-state index in [0.717, 1.165) is 5.56 Å². The smallest absolute Gasteiger partial charge is 0.329 e. The second-order valence-electron chi connectivity index (χ2n) is 4.60. The highest BCUT2D eigenvalue weighted by atomic mass is 16.6. The zero-order valence-electron chi connectivity index (χ0n) is 12.3. The van der Waals surface area contributed by atoms with E-state index in [2.05, 4.69) is 10.3 Å². The van der Waals surface area contributed by atoms with Gasteiger partial charge in [-0.05, 0) is 36.8 Å². The largest absolute Gasteiger partial charge is 0.491 e. The Morgan fingerprint density at radius 1 is 1.48 bits per heavy atom. The van der Waals surface area contributed by atoms with Gasteiger partial charge in [0.15, 0.2) is 0 Å². The lowest BCUT2D eigenvalue weighted by Crippen LogP contribution is -2.04. The van der Waals surface area contributed by atoms with Gasteiger partial charge in [-0.2, -0.15) is 5.26 Å². The molecule has 2 aromatic rings. The number of aliphatic hydroxyl groups is 1. The van der Waals surface area contributed by atoms with Crippen molar-refractivity contribution in [2.75, 3.05) is 18.5 Å². The fraction of sp³-hybridized carbons (Fsp3) is 0.200. The Balaban J connectivity index is 2.31. The Morgan fingerprint density at radius 3 is 2.87 bits per heavy atom. The van der Waals surface area contributed by atoms with Crippen molar-refractivity contribution < 1.29 is 14.8 Å². The number of pyridine rings is 1. The number of nitriles is 1. The summed E-state index contributed by atoms with van der Waals surface area (Å²) in [7, 11) is 0. The van der Waals surface area contributed by atoms with Gasteiger partial charge in [0.05, 0.1) is 11.5 Å². The molecular formula is C15H14N4O4. The number of hydrogen-bond donors (Lipinski definition) is 2. The average Bonchev–Trinajstić information content (AvgIpc) is 2.53. The summed E-state index contributed by atoms with van der Waals surface area (Å²) in [5, 5.41) is 31.7. The summed E-state index contributed by atoms with van der Waals surface area (Å²) in [6.45, 7) is 1.91. The lowest BCUT2D eigenvalue weighted by Gasteiger charge is -2.11. The summed E-state index contributed by atoms with van der Waals surface area (Å²) in [5.74, 6) is 0.607. The first-order valence-corrected chi connectivity index (χ1v) is 6.71. The number of hydrogen-bond acceptors (Lipinski definition) is 7. The lowest BCUT2D eigenvalue weighted by atomic mass is 10.2. The monoisotopic (exact) mass is 314 g/mol. The minimum Gasteiger partial charge on any atom is -0.491 e. The van der Waals surface area contributed by atoms with E-state index in [1.807, 2.05) is 6.92 Å². The molecular weight excluding hydrogens is 300 g/mol. The van der Waals surface area contributed by atoms with Gasteiger partial charge >= 0.3 is 5.69 Å². The number of ether oxygens (including phenoxy) is 1. The minimum absolute atomic E-state index is 0.00234. The van der Waals surface area contributed by atoms with Crippen LogP contribution in [0.15, 0.2) is 30.5 Å². The maximum atomic E-state index is 11.2. The number of benzene rings is 1. The first kappa shape index (κ1) is 16.2. The molecule has 0 amide bonds. The van der Waals surface area contributed by atoms with E-state index in [1.165, 1.54) is 12.3 Å². The molecule has 0 aliphatic rings. The summed E-state index contributed by atoms with van der Waals surface area (Å²) >= 11 is 0. The number of anilines is 2. The topological polar surface area (TPSA) is 121 Å². The summed E-state index contributed by atoms with van der Waals surface area (Å²) in [6, 6.07) is 8.17. The minimum atomic E-state index is -0.639. The molecule has 2 rings (SSSR count). The van der Waals surface area contributed by atoms with Gasteiger partial charge in [0.1, 0.15) is 24.0 Å². The number of aromatic nitrogens is 1. The molecule has 2 N–H and O–H groups in total. The predicted molar refractivity (Wildman–Crippen MR) is 82.6 cm³/mol. The van der Waals surface area contributed by atoms with Crippen molar-refractivity contribution in [3.8, 4) is 11.8 Å². The zero-order chi connectivity index (χ0) is 16.8. The van der Waals surface area contributed by atoms with Crippen LogP contribution in [0.4, 0.5) is 17.2 Å². The molecule has 0 atom stereocenters. The van der Waals surface area contributed by atoms with Gasteiger partial charge in [-0.1, -0.05) is 0 Å². The Bertz CT molecular complexity index is 771. The van der Waals surface area contributed by atoms with Crippen LogP contribution in [0.25, 0.3) is 0 Å². The van der Waals surface area contributed by atoms with Crippen LogP contribution in [0.3, 0.4) is 0 Å². The maximum absolute atomic E-state index is 11.2. The molecule has 0 fully saturated rings. The molecule has 0 spiro atoms. The lowest BCUT2D eigenvalue weighted by molar-refractivity contribution is -0.384. The molecule has 8 nitrogen and oxygen atoms in total. The second kappa shape index (κ2) is 7.20. The molecule has 1 aromatic carbocycles. The van der Waals surface area contributed by atoms with Crippen molar-refractivity contribution in [1.29, 1.82) is 5.26 Å². The van der Waals surface area contributed by atoms with Gasteiger partial charge in [0.25, 0.3) is 0 Å². The van der Waals surface area contributed by atoms with Crippen LogP contribution in [-0.2, 0) is 0 Å². The number of nitro groups is 1. The highest BCUT2D eigenvalue weighted by molar-refractivity contribution is 5.70. The van der Waals surface area contributed by atoms with E-state index in [0.29, 0.717) is 11.4 Å². The van der Waals surface area contributed by atoms with Gasteiger partial charge in [0.2, 0.25) is 5.82 Å². The first-order chi connectivity index (χ1) is 11.1. The van der Waals surface area contributed by atoms with Crippen LogP contribution in [0.5, 0.6) is 5.75 Å². The first-order valence-electron chi connectivity index (χ1n) is 6.71. The molecule has 0 aliphatic heterocycles. The number of nitrogens with one attached hydrogen (secondary N) is 1. The molecule has 8 heteroatoms. The number of nitrogens with zero attached hydrogens (tertiary/aromatic N) is 3. The second-order valence-corrected chi connectivity index (χ2v) is 4.60. The summed E-state index contributed by atoms with van der Waals surface area (Å²) in [6.07, 6.45) is 1.33. The van der Waals surface area contributed by atoms with Crippen molar-refractivity contribution in [2.24, 2.45) is 0 Å². The van der Waals surface area contributed by atoms with E-state index < -0.39 is 4.92 Å². The molecule has 1 aromatic heterocycles. The van der Waals surface area contributed by atoms with Crippen LogP contribution < -0.4 is 10.1 Å². The number of aryl methyl sites for hydroxylation is 1. The van der Waals surface area contributed by atoms with Crippen LogP contribution in [0, 0.1) is 28.4 Å². The van der Waals surface area contributed by atoms with E-state index in [4.69, 9.17) is 15.1 Å². The van der Waals surface area contributed by atoms with Crippen LogP contribution in [0.2, 0.25) is 0 Å². The molecule has 0 unspecified atom stereocenters. The van der Waals surface area contributed by atoms with Crippen molar-refractivity contribution in [1.82, 2.24) is 4.98 Å². The maximum Gasteiger partial charge on any atom is 0.329 e. The Labute approximate surface area is 132 Å². The van der Waals surface area contributed by atoms with Crippen molar-refractivity contribution in [3.63, 3.8) is 0 Å². The van der Waals surface area contributed by atoms with Crippen molar-refractivity contribution in [2.45, 2.75) is 6.92 Å². The molecule has 118 valence electrons. The highest BCUT2D eigenvalue weighted by Crippen LogP contribution is 2.30. The Morgan fingerprint density at radius 2 is 2.26 bits per heavy atom. The third kappa shape index (κ3) is 3.72. The fourth-order valence-corrected chi connectivity index (χ4v) is 2.00. The quantitative estimate of drug-likeness (QED) is 0.619. The third-order valence-electron chi connectivity index (χ3n) is 3.01. The summed E-state index contributed by atoms with van der Waals surface area (Å²) in [4.78, 5) is 14.5. The van der Waals surface area contributed by atoms with Crippen molar-refractivity contribution in [3.05, 3.63) is 51.7 Å². The van der Waals surface area contributed by atoms with Gasteiger partial charge in [-0.25, -0.2) is 4.98 Å². The van der Waals surface area contributed by atoms with E-state index in [-0.39, 0.29) is 30.3 Å². The fourth-order valence-electron chi connectivity index (χ4n) is 2.00. The molecule has 23 heavy (non-hydrogen) atoms. The van der Waals surface area contributed by atoms with Gasteiger partial charge in [0, 0.05) is 11.9 Å². The van der Waals surface area contributed by atoms with E-state index in [9.17, 15) is 10.1 Å². The number of rotatable bonds is 6. The normalized spacial score (nSPS) is 9.96. The Kier molecular flexibility index (Phi) is 5.07. The SMILES string of the molecule is Cc1cc(Nc2nccc(C#N)c2[N+](=O)[O-])ccc1OCCO. The third-order valence-corrected chi connectivity index (χ3v) is 3.01. The number of aliphatic hydroxyl groups excluding tert-OH is 1. The van der Waals surface area contributed by atoms with Crippen LogP contribution >= 0.6 is 0 Å². The van der Waals surface area contributed by atoms with Gasteiger partial charge in [-0.15, -0.1) is 0 Å². The predicted octanol–water partition coefficient (Wildman–Crippen LogP) is 2.28. The molecule has 1 heterocycles. The van der Waals surface area contributed by atoms with Crippen LogP contribution in [0.1, 0.15) is 11.1 Å². The molecule has 0 saturated carbocycles. The van der Waals surface area contributed by atoms with Crippen molar-refractivity contribution >= 4 is 17.2 Å². The van der Waals surface area contributed by atoms with Crippen LogP contribution in [-0.4, -0.2) is 28.2 Å². The van der Waals surface area contributed by atoms with E-state index >= 15 is 0 Å². The average molecular weight is 314 g/mol. The molecule has 0 radical (unpaired) electrons. The molecule has 0 aliphatic carbocycles. The van der Waals surface area contributed by atoms with Gasteiger partial charge < -0.3 is 15.2 Å². The standard InChI is InChI=1S/C15H14N4O4/c1-10-8-12(2-3-13(10)23-7-6-20)18-15-14(19(21)22)11(9-16)4-5-17-15/h2-5,8,20H,6-7H2,1H3,(H,17,18). The Hall–Kier alpha value is -3.18.